The molecule has 0 aromatic heterocycles. The smallest absolute Gasteiger partial charge is 0.243 e. The molecule has 2 aromatic rings. The molecule has 0 spiro atoms. The minimum Gasteiger partial charge on any atom is -0.391 e. The molecule has 0 heterocycles. The molecule has 0 bridgehead atoms. The summed E-state index contributed by atoms with van der Waals surface area (Å²) in [5.41, 5.74) is 3.89. The summed E-state index contributed by atoms with van der Waals surface area (Å²) in [5.74, 6) is -0.0837. The van der Waals surface area contributed by atoms with Crippen LogP contribution in [0.3, 0.4) is 0 Å². The SMILES string of the molecule is CCC(O)CN(CC(=O)Nc1c(C)cccc1C)c1ccccc1. The van der Waals surface area contributed by atoms with Crippen molar-refractivity contribution < 1.29 is 9.90 Å². The van der Waals surface area contributed by atoms with Gasteiger partial charge in [-0.1, -0.05) is 43.3 Å². The first-order valence-corrected chi connectivity index (χ1v) is 8.35. The van der Waals surface area contributed by atoms with E-state index in [0.717, 1.165) is 22.5 Å². The van der Waals surface area contributed by atoms with Gasteiger partial charge in [-0.3, -0.25) is 4.79 Å². The van der Waals surface area contributed by atoms with Gasteiger partial charge in [-0.05, 0) is 43.5 Å². The Hall–Kier alpha value is -2.33. The molecule has 0 saturated heterocycles. The van der Waals surface area contributed by atoms with Crippen molar-refractivity contribution in [2.45, 2.75) is 33.3 Å². The summed E-state index contributed by atoms with van der Waals surface area (Å²) >= 11 is 0. The number of hydrogen-bond acceptors (Lipinski definition) is 3. The maximum absolute atomic E-state index is 12.5. The second kappa shape index (κ2) is 8.50. The second-order valence-corrected chi connectivity index (χ2v) is 6.09. The number of nitrogens with one attached hydrogen (secondary N) is 1. The lowest BCUT2D eigenvalue weighted by molar-refractivity contribution is -0.115. The Balaban J connectivity index is 2.12. The highest BCUT2D eigenvalue weighted by atomic mass is 16.3. The number of aliphatic hydroxyl groups excluding tert-OH is 1. The number of aliphatic hydroxyl groups is 1. The van der Waals surface area contributed by atoms with Gasteiger partial charge in [0.1, 0.15) is 0 Å². The van der Waals surface area contributed by atoms with E-state index in [9.17, 15) is 9.90 Å². The van der Waals surface area contributed by atoms with Gasteiger partial charge in [0.05, 0.1) is 12.6 Å². The van der Waals surface area contributed by atoms with E-state index in [4.69, 9.17) is 0 Å². The number of benzene rings is 2. The molecule has 128 valence electrons. The van der Waals surface area contributed by atoms with Gasteiger partial charge in [-0.15, -0.1) is 0 Å². The van der Waals surface area contributed by atoms with E-state index in [1.54, 1.807) is 0 Å². The summed E-state index contributed by atoms with van der Waals surface area (Å²) in [7, 11) is 0. The Morgan fingerprint density at radius 3 is 2.29 bits per heavy atom. The first kappa shape index (κ1) is 18.0. The minimum absolute atomic E-state index is 0.0837. The Bertz CT molecular complexity index is 650. The summed E-state index contributed by atoms with van der Waals surface area (Å²) < 4.78 is 0. The van der Waals surface area contributed by atoms with Crippen LogP contribution < -0.4 is 10.2 Å². The number of aryl methyl sites for hydroxylation is 2. The Morgan fingerprint density at radius 1 is 1.08 bits per heavy atom. The largest absolute Gasteiger partial charge is 0.391 e. The van der Waals surface area contributed by atoms with Crippen molar-refractivity contribution in [1.82, 2.24) is 0 Å². The monoisotopic (exact) mass is 326 g/mol. The Kier molecular flexibility index (Phi) is 6.38. The summed E-state index contributed by atoms with van der Waals surface area (Å²) in [4.78, 5) is 14.4. The molecule has 2 aromatic carbocycles. The van der Waals surface area contributed by atoms with Crippen LogP contribution in [0.5, 0.6) is 0 Å². The van der Waals surface area contributed by atoms with E-state index in [-0.39, 0.29) is 12.5 Å². The van der Waals surface area contributed by atoms with Gasteiger partial charge in [-0.2, -0.15) is 0 Å². The van der Waals surface area contributed by atoms with Crippen molar-refractivity contribution in [2.24, 2.45) is 0 Å². The zero-order valence-electron chi connectivity index (χ0n) is 14.6. The molecule has 2 rings (SSSR count). The van der Waals surface area contributed by atoms with Gasteiger partial charge in [0.25, 0.3) is 0 Å². The number of amides is 1. The van der Waals surface area contributed by atoms with Crippen molar-refractivity contribution in [3.05, 3.63) is 59.7 Å². The fourth-order valence-corrected chi connectivity index (χ4v) is 2.65. The lowest BCUT2D eigenvalue weighted by atomic mass is 10.1. The van der Waals surface area contributed by atoms with E-state index < -0.39 is 6.10 Å². The summed E-state index contributed by atoms with van der Waals surface area (Å²) in [6.45, 7) is 6.54. The van der Waals surface area contributed by atoms with E-state index in [1.807, 2.05) is 74.2 Å². The molecular weight excluding hydrogens is 300 g/mol. The zero-order valence-corrected chi connectivity index (χ0v) is 14.6. The fraction of sp³-hybridized carbons (Fsp3) is 0.350. The average molecular weight is 326 g/mol. The standard InChI is InChI=1S/C20H26N2O2/c1-4-18(23)13-22(17-11-6-5-7-12-17)14-19(24)21-20-15(2)9-8-10-16(20)3/h5-12,18,23H,4,13-14H2,1-3H3,(H,21,24). The number of carbonyl (C=O) groups excluding carboxylic acids is 1. The molecule has 4 nitrogen and oxygen atoms in total. The molecule has 24 heavy (non-hydrogen) atoms. The highest BCUT2D eigenvalue weighted by molar-refractivity contribution is 5.95. The van der Waals surface area contributed by atoms with Gasteiger partial charge < -0.3 is 15.3 Å². The van der Waals surface area contributed by atoms with Crippen LogP contribution in [0, 0.1) is 13.8 Å². The zero-order chi connectivity index (χ0) is 17.5. The highest BCUT2D eigenvalue weighted by Gasteiger charge is 2.16. The van der Waals surface area contributed by atoms with Crippen LogP contribution in [-0.4, -0.2) is 30.2 Å². The van der Waals surface area contributed by atoms with Gasteiger partial charge in [0, 0.05) is 17.9 Å². The normalized spacial score (nSPS) is 11.8. The molecule has 0 fully saturated rings. The molecule has 0 aliphatic heterocycles. The molecule has 0 saturated carbocycles. The van der Waals surface area contributed by atoms with Crippen molar-refractivity contribution in [2.75, 3.05) is 23.3 Å². The molecule has 1 atom stereocenters. The number of rotatable bonds is 7. The number of anilines is 2. The van der Waals surface area contributed by atoms with E-state index in [1.165, 1.54) is 0 Å². The van der Waals surface area contributed by atoms with Gasteiger partial charge in [-0.25, -0.2) is 0 Å². The van der Waals surface area contributed by atoms with Gasteiger partial charge in [0.2, 0.25) is 5.91 Å². The number of nitrogens with zero attached hydrogens (tertiary/aromatic N) is 1. The molecule has 1 unspecified atom stereocenters. The maximum Gasteiger partial charge on any atom is 0.243 e. The third kappa shape index (κ3) is 4.83. The molecule has 0 aliphatic rings. The average Bonchev–Trinajstić information content (AvgIpc) is 2.58. The quantitative estimate of drug-likeness (QED) is 0.818. The fourth-order valence-electron chi connectivity index (χ4n) is 2.65. The van der Waals surface area contributed by atoms with Crippen molar-refractivity contribution in [1.29, 1.82) is 0 Å². The molecular formula is C20H26N2O2. The van der Waals surface area contributed by atoms with Gasteiger partial charge in [0.15, 0.2) is 0 Å². The minimum atomic E-state index is -0.460. The number of carbonyl (C=O) groups is 1. The molecule has 2 N–H and O–H groups in total. The second-order valence-electron chi connectivity index (χ2n) is 6.09. The van der Waals surface area contributed by atoms with E-state index >= 15 is 0 Å². The topological polar surface area (TPSA) is 52.6 Å². The third-order valence-corrected chi connectivity index (χ3v) is 4.10. The maximum atomic E-state index is 12.5. The lowest BCUT2D eigenvalue weighted by Crippen LogP contribution is -2.38. The van der Waals surface area contributed by atoms with Gasteiger partial charge >= 0.3 is 0 Å². The molecule has 1 amide bonds. The summed E-state index contributed by atoms with van der Waals surface area (Å²) in [5, 5.41) is 13.0. The van der Waals surface area contributed by atoms with E-state index in [0.29, 0.717) is 13.0 Å². The van der Waals surface area contributed by atoms with Crippen LogP contribution in [0.25, 0.3) is 0 Å². The van der Waals surface area contributed by atoms with Crippen molar-refractivity contribution in [3.63, 3.8) is 0 Å². The predicted octanol–water partition coefficient (Wildman–Crippen LogP) is 3.52. The first-order valence-electron chi connectivity index (χ1n) is 8.35. The summed E-state index contributed by atoms with van der Waals surface area (Å²) in [6, 6.07) is 15.7. The van der Waals surface area contributed by atoms with Crippen LogP contribution >= 0.6 is 0 Å². The lowest BCUT2D eigenvalue weighted by Gasteiger charge is -2.26. The van der Waals surface area contributed by atoms with Crippen LogP contribution in [0.2, 0.25) is 0 Å². The molecule has 0 radical (unpaired) electrons. The molecule has 0 aliphatic carbocycles. The predicted molar refractivity (Wildman–Crippen MR) is 99.5 cm³/mol. The molecule has 4 heteroatoms. The van der Waals surface area contributed by atoms with Crippen molar-refractivity contribution in [3.8, 4) is 0 Å². The number of hydrogen-bond donors (Lipinski definition) is 2. The van der Waals surface area contributed by atoms with Crippen LogP contribution in [-0.2, 0) is 4.79 Å². The van der Waals surface area contributed by atoms with Crippen molar-refractivity contribution >= 4 is 17.3 Å². The Labute approximate surface area is 144 Å². The first-order chi connectivity index (χ1) is 11.5. The summed E-state index contributed by atoms with van der Waals surface area (Å²) in [6.07, 6.45) is 0.195. The highest BCUT2D eigenvalue weighted by Crippen LogP contribution is 2.20. The van der Waals surface area contributed by atoms with Crippen LogP contribution in [0.15, 0.2) is 48.5 Å². The van der Waals surface area contributed by atoms with Crippen LogP contribution in [0.1, 0.15) is 24.5 Å². The van der Waals surface area contributed by atoms with Crippen LogP contribution in [0.4, 0.5) is 11.4 Å². The Morgan fingerprint density at radius 2 is 1.71 bits per heavy atom. The third-order valence-electron chi connectivity index (χ3n) is 4.10. The number of para-hydroxylation sites is 2. The van der Waals surface area contributed by atoms with E-state index in [2.05, 4.69) is 5.32 Å².